The van der Waals surface area contributed by atoms with Crippen molar-refractivity contribution >= 4 is 11.7 Å². The normalized spacial score (nSPS) is 17.1. The minimum absolute atomic E-state index is 0.0719. The number of hydrogen-bond donors (Lipinski definition) is 2. The molecule has 1 aromatic heterocycles. The van der Waals surface area contributed by atoms with E-state index in [9.17, 15) is 4.79 Å². The Morgan fingerprint density at radius 2 is 2.20 bits per heavy atom. The molecule has 1 aliphatic rings. The molecule has 20 heavy (non-hydrogen) atoms. The van der Waals surface area contributed by atoms with E-state index in [2.05, 4.69) is 15.2 Å². The summed E-state index contributed by atoms with van der Waals surface area (Å²) in [5, 5.41) is 11.7. The summed E-state index contributed by atoms with van der Waals surface area (Å²) >= 11 is 0. The van der Waals surface area contributed by atoms with Crippen LogP contribution in [0.15, 0.2) is 18.2 Å². The van der Waals surface area contributed by atoms with Crippen LogP contribution in [0.4, 0.5) is 5.82 Å². The first kappa shape index (κ1) is 14.9. The molecule has 1 fully saturated rings. The Kier molecular flexibility index (Phi) is 5.49. The lowest BCUT2D eigenvalue weighted by atomic mass is 9.96. The van der Waals surface area contributed by atoms with Crippen molar-refractivity contribution in [3.05, 3.63) is 23.9 Å². The molecule has 1 aromatic rings. The molecule has 0 aromatic carbocycles. The number of nitrogens with zero attached hydrogens (tertiary/aromatic N) is 2. The third-order valence-corrected chi connectivity index (χ3v) is 3.73. The number of aliphatic hydroxyl groups excluding tert-OH is 1. The van der Waals surface area contributed by atoms with E-state index in [-0.39, 0.29) is 18.4 Å². The molecule has 0 atom stereocenters. The fourth-order valence-electron chi connectivity index (χ4n) is 2.55. The van der Waals surface area contributed by atoms with Gasteiger partial charge in [0.2, 0.25) is 5.91 Å². The Hall–Kier alpha value is -1.46. The summed E-state index contributed by atoms with van der Waals surface area (Å²) < 4.78 is 0. The molecule has 0 saturated carbocycles. The first-order chi connectivity index (χ1) is 9.69. The van der Waals surface area contributed by atoms with Gasteiger partial charge < -0.3 is 15.3 Å². The van der Waals surface area contributed by atoms with Gasteiger partial charge in [0.25, 0.3) is 0 Å². The van der Waals surface area contributed by atoms with Gasteiger partial charge in [-0.3, -0.25) is 4.79 Å². The Morgan fingerprint density at radius 1 is 1.45 bits per heavy atom. The maximum atomic E-state index is 12.2. The maximum absolute atomic E-state index is 12.2. The third kappa shape index (κ3) is 4.28. The summed E-state index contributed by atoms with van der Waals surface area (Å²) in [5.41, 5.74) is 0.904. The van der Waals surface area contributed by atoms with Crippen LogP contribution in [0.2, 0.25) is 0 Å². The molecule has 0 unspecified atom stereocenters. The highest BCUT2D eigenvalue weighted by Crippen LogP contribution is 2.19. The van der Waals surface area contributed by atoms with Crippen LogP contribution < -0.4 is 5.32 Å². The number of aliphatic hydroxyl groups is 1. The van der Waals surface area contributed by atoms with Gasteiger partial charge >= 0.3 is 0 Å². The summed E-state index contributed by atoms with van der Waals surface area (Å²) in [6.45, 7) is 4.93. The Labute approximate surface area is 120 Å². The largest absolute Gasteiger partial charge is 0.396 e. The number of rotatable bonds is 5. The minimum Gasteiger partial charge on any atom is -0.396 e. The SMILES string of the molecule is Cc1cccc(NC(=O)C2CCN(CCCO)CC2)n1. The monoisotopic (exact) mass is 277 g/mol. The van der Waals surface area contributed by atoms with Gasteiger partial charge in [-0.25, -0.2) is 4.98 Å². The van der Waals surface area contributed by atoms with Crippen LogP contribution in [0.1, 0.15) is 25.0 Å². The smallest absolute Gasteiger partial charge is 0.228 e. The van der Waals surface area contributed by atoms with E-state index in [0.717, 1.165) is 44.6 Å². The van der Waals surface area contributed by atoms with E-state index in [1.54, 1.807) is 0 Å². The second-order valence-electron chi connectivity index (χ2n) is 5.35. The van der Waals surface area contributed by atoms with Gasteiger partial charge in [-0.1, -0.05) is 6.07 Å². The Bertz CT molecular complexity index is 442. The van der Waals surface area contributed by atoms with Gasteiger partial charge in [0.1, 0.15) is 5.82 Å². The second-order valence-corrected chi connectivity index (χ2v) is 5.35. The van der Waals surface area contributed by atoms with Crippen LogP contribution in [-0.4, -0.2) is 47.1 Å². The topological polar surface area (TPSA) is 65.5 Å². The van der Waals surface area contributed by atoms with Crippen LogP contribution in [-0.2, 0) is 4.79 Å². The number of carbonyl (C=O) groups excluding carboxylic acids is 1. The molecule has 1 amide bonds. The van der Waals surface area contributed by atoms with Crippen molar-refractivity contribution in [3.63, 3.8) is 0 Å². The highest BCUT2D eigenvalue weighted by Gasteiger charge is 2.24. The first-order valence-electron chi connectivity index (χ1n) is 7.27. The second kappa shape index (κ2) is 7.36. The molecule has 5 nitrogen and oxygen atoms in total. The first-order valence-corrected chi connectivity index (χ1v) is 7.27. The molecule has 2 N–H and O–H groups in total. The van der Waals surface area contributed by atoms with Gasteiger partial charge in [-0.2, -0.15) is 0 Å². The van der Waals surface area contributed by atoms with E-state index in [1.165, 1.54) is 0 Å². The lowest BCUT2D eigenvalue weighted by molar-refractivity contribution is -0.121. The molecule has 2 heterocycles. The lowest BCUT2D eigenvalue weighted by Gasteiger charge is -2.30. The molecule has 0 bridgehead atoms. The average Bonchev–Trinajstić information content (AvgIpc) is 2.45. The van der Waals surface area contributed by atoms with E-state index in [4.69, 9.17) is 5.11 Å². The molecular formula is C15H23N3O2. The number of pyridine rings is 1. The van der Waals surface area contributed by atoms with Gasteiger partial charge in [-0.05, 0) is 51.4 Å². The fraction of sp³-hybridized carbons (Fsp3) is 0.600. The molecule has 1 saturated heterocycles. The van der Waals surface area contributed by atoms with Gasteiger partial charge in [0, 0.05) is 24.8 Å². The van der Waals surface area contributed by atoms with Crippen LogP contribution >= 0.6 is 0 Å². The zero-order valence-corrected chi connectivity index (χ0v) is 12.0. The van der Waals surface area contributed by atoms with Gasteiger partial charge in [0.05, 0.1) is 0 Å². The average molecular weight is 277 g/mol. The van der Waals surface area contributed by atoms with Crippen molar-refractivity contribution in [2.75, 3.05) is 31.6 Å². The highest BCUT2D eigenvalue weighted by molar-refractivity contribution is 5.91. The molecule has 0 aliphatic carbocycles. The van der Waals surface area contributed by atoms with Gasteiger partial charge in [0.15, 0.2) is 0 Å². The van der Waals surface area contributed by atoms with Gasteiger partial charge in [-0.15, -0.1) is 0 Å². The highest BCUT2D eigenvalue weighted by atomic mass is 16.3. The minimum atomic E-state index is 0.0719. The van der Waals surface area contributed by atoms with Crippen molar-refractivity contribution in [1.82, 2.24) is 9.88 Å². The number of carbonyl (C=O) groups is 1. The van der Waals surface area contributed by atoms with E-state index < -0.39 is 0 Å². The number of anilines is 1. The summed E-state index contributed by atoms with van der Waals surface area (Å²) in [6.07, 6.45) is 2.57. The standard InChI is InChI=1S/C15H23N3O2/c1-12-4-2-5-14(16-12)17-15(20)13-6-9-18(10-7-13)8-3-11-19/h2,4-5,13,19H,3,6-11H2,1H3,(H,16,17,20). The fourth-order valence-corrected chi connectivity index (χ4v) is 2.55. The number of nitrogens with one attached hydrogen (secondary N) is 1. The summed E-state index contributed by atoms with van der Waals surface area (Å²) in [7, 11) is 0. The van der Waals surface area contributed by atoms with Crippen LogP contribution in [0, 0.1) is 12.8 Å². The molecule has 110 valence electrons. The quantitative estimate of drug-likeness (QED) is 0.854. The summed E-state index contributed by atoms with van der Waals surface area (Å²) in [4.78, 5) is 18.8. The van der Waals surface area contributed by atoms with Crippen molar-refractivity contribution in [1.29, 1.82) is 0 Å². The number of amides is 1. The maximum Gasteiger partial charge on any atom is 0.228 e. The molecular weight excluding hydrogens is 254 g/mol. The predicted molar refractivity (Wildman–Crippen MR) is 78.5 cm³/mol. The predicted octanol–water partition coefficient (Wildman–Crippen LogP) is 1.42. The van der Waals surface area contributed by atoms with Crippen molar-refractivity contribution in [2.24, 2.45) is 5.92 Å². The number of aryl methyl sites for hydroxylation is 1. The summed E-state index contributed by atoms with van der Waals surface area (Å²) in [5.74, 6) is 0.783. The number of hydrogen-bond acceptors (Lipinski definition) is 4. The lowest BCUT2D eigenvalue weighted by Crippen LogP contribution is -2.38. The molecule has 2 rings (SSSR count). The van der Waals surface area contributed by atoms with E-state index in [0.29, 0.717) is 5.82 Å². The van der Waals surface area contributed by atoms with Crippen LogP contribution in [0.25, 0.3) is 0 Å². The van der Waals surface area contributed by atoms with Crippen molar-refractivity contribution < 1.29 is 9.90 Å². The molecule has 5 heteroatoms. The number of piperidine rings is 1. The molecule has 1 aliphatic heterocycles. The Balaban J connectivity index is 1.80. The number of aromatic nitrogens is 1. The van der Waals surface area contributed by atoms with Crippen LogP contribution in [0.3, 0.4) is 0 Å². The zero-order chi connectivity index (χ0) is 14.4. The van der Waals surface area contributed by atoms with Crippen LogP contribution in [0.5, 0.6) is 0 Å². The van der Waals surface area contributed by atoms with Crippen molar-refractivity contribution in [2.45, 2.75) is 26.2 Å². The Morgan fingerprint density at radius 3 is 2.85 bits per heavy atom. The molecule has 0 radical (unpaired) electrons. The van der Waals surface area contributed by atoms with E-state index >= 15 is 0 Å². The van der Waals surface area contributed by atoms with Crippen molar-refractivity contribution in [3.8, 4) is 0 Å². The number of likely N-dealkylation sites (tertiary alicyclic amines) is 1. The zero-order valence-electron chi connectivity index (χ0n) is 12.0. The van der Waals surface area contributed by atoms with E-state index in [1.807, 2.05) is 25.1 Å². The third-order valence-electron chi connectivity index (χ3n) is 3.73. The molecule has 0 spiro atoms. The summed E-state index contributed by atoms with van der Waals surface area (Å²) in [6, 6.07) is 5.63.